The molecule has 0 amide bonds. The molecule has 1 rings (SSSR count). The van der Waals surface area contributed by atoms with E-state index in [9.17, 15) is 8.42 Å². The molecule has 0 unspecified atom stereocenters. The van der Waals surface area contributed by atoms with Crippen molar-refractivity contribution >= 4 is 43.2 Å². The molecule has 14 heavy (non-hydrogen) atoms. The van der Waals surface area contributed by atoms with Crippen LogP contribution in [0.1, 0.15) is 5.56 Å². The fourth-order valence-electron chi connectivity index (χ4n) is 0.944. The molecule has 0 heterocycles. The first kappa shape index (κ1) is 11.8. The Bertz CT molecular complexity index is 413. The summed E-state index contributed by atoms with van der Waals surface area (Å²) < 4.78 is 25.5. The molecule has 78 valence electrons. The van der Waals surface area contributed by atoms with Gasteiger partial charge in [0.25, 0.3) is 0 Å². The molecule has 0 atom stereocenters. The van der Waals surface area contributed by atoms with E-state index in [4.69, 9.17) is 11.6 Å². The van der Waals surface area contributed by atoms with Crippen molar-refractivity contribution in [2.75, 3.05) is 9.93 Å². The van der Waals surface area contributed by atoms with Crippen LogP contribution in [0.25, 0.3) is 0 Å². The summed E-state index contributed by atoms with van der Waals surface area (Å²) in [6.45, 7) is 1.82. The van der Waals surface area contributed by atoms with Gasteiger partial charge in [0, 0.05) is 4.47 Å². The molecule has 0 saturated carbocycles. The molecule has 1 N–H and O–H groups in total. The second-order valence-corrected chi connectivity index (χ2v) is 5.92. The van der Waals surface area contributed by atoms with Crippen molar-refractivity contribution in [2.45, 2.75) is 6.92 Å². The van der Waals surface area contributed by atoms with E-state index in [0.717, 1.165) is 5.56 Å². The van der Waals surface area contributed by atoms with E-state index in [1.54, 1.807) is 6.07 Å². The Hall–Kier alpha value is -0.260. The first-order valence-electron chi connectivity index (χ1n) is 3.78. The zero-order valence-corrected chi connectivity index (χ0v) is 10.6. The average Bonchev–Trinajstić information content (AvgIpc) is 2.12. The minimum atomic E-state index is -3.43. The van der Waals surface area contributed by atoms with Crippen LogP contribution in [0, 0.1) is 6.92 Å². The maximum Gasteiger partial charge on any atom is 0.246 e. The van der Waals surface area contributed by atoms with Crippen LogP contribution in [0.5, 0.6) is 0 Å². The number of nitrogens with one attached hydrogen (secondary N) is 1. The number of para-hydroxylation sites is 1. The lowest BCUT2D eigenvalue weighted by Gasteiger charge is -2.10. The van der Waals surface area contributed by atoms with Gasteiger partial charge in [-0.1, -0.05) is 12.1 Å². The summed E-state index contributed by atoms with van der Waals surface area (Å²) in [5.74, 6) is 0. The van der Waals surface area contributed by atoms with E-state index in [-0.39, 0.29) is 0 Å². The number of alkyl halides is 1. The lowest BCUT2D eigenvalue weighted by atomic mass is 10.2. The third-order valence-electron chi connectivity index (χ3n) is 1.62. The van der Waals surface area contributed by atoms with Crippen molar-refractivity contribution in [3.8, 4) is 0 Å². The van der Waals surface area contributed by atoms with Crippen LogP contribution in [-0.4, -0.2) is 13.6 Å². The van der Waals surface area contributed by atoms with Gasteiger partial charge in [0.2, 0.25) is 10.0 Å². The smallest absolute Gasteiger partial charge is 0.246 e. The lowest BCUT2D eigenvalue weighted by molar-refractivity contribution is 0.605. The number of benzene rings is 1. The first-order chi connectivity index (χ1) is 6.46. The van der Waals surface area contributed by atoms with Crippen molar-refractivity contribution in [2.24, 2.45) is 0 Å². The Kier molecular flexibility index (Phi) is 3.80. The normalized spacial score (nSPS) is 11.4. The van der Waals surface area contributed by atoms with E-state index in [0.29, 0.717) is 10.2 Å². The van der Waals surface area contributed by atoms with Gasteiger partial charge in [-0.2, -0.15) is 0 Å². The van der Waals surface area contributed by atoms with Crippen molar-refractivity contribution in [3.63, 3.8) is 0 Å². The second kappa shape index (κ2) is 4.51. The highest BCUT2D eigenvalue weighted by Gasteiger charge is 2.11. The molecule has 0 aromatic heterocycles. The summed E-state index contributed by atoms with van der Waals surface area (Å²) in [5.41, 5.74) is 1.38. The number of hydrogen-bond donors (Lipinski definition) is 1. The second-order valence-electron chi connectivity index (χ2n) is 2.76. The molecule has 6 heteroatoms. The van der Waals surface area contributed by atoms with Crippen LogP contribution >= 0.6 is 27.5 Å². The minimum Gasteiger partial charge on any atom is -0.281 e. The summed E-state index contributed by atoms with van der Waals surface area (Å²) in [6, 6.07) is 5.41. The van der Waals surface area contributed by atoms with Gasteiger partial charge in [-0.05, 0) is 34.5 Å². The fourth-order valence-corrected chi connectivity index (χ4v) is 2.44. The van der Waals surface area contributed by atoms with Gasteiger partial charge in [-0.15, -0.1) is 11.6 Å². The quantitative estimate of drug-likeness (QED) is 0.872. The zero-order valence-electron chi connectivity index (χ0n) is 7.42. The van der Waals surface area contributed by atoms with Crippen molar-refractivity contribution in [1.82, 2.24) is 0 Å². The number of sulfonamides is 1. The number of aryl methyl sites for hydroxylation is 1. The summed E-state index contributed by atoms with van der Waals surface area (Å²) in [6.07, 6.45) is 0. The topological polar surface area (TPSA) is 46.2 Å². The van der Waals surface area contributed by atoms with E-state index in [2.05, 4.69) is 20.7 Å². The van der Waals surface area contributed by atoms with Gasteiger partial charge in [0.05, 0.1) is 5.69 Å². The molecule has 0 aliphatic rings. The highest BCUT2D eigenvalue weighted by atomic mass is 79.9. The molecule has 0 saturated heterocycles. The van der Waals surface area contributed by atoms with E-state index in [1.165, 1.54) is 0 Å². The van der Waals surface area contributed by atoms with Crippen LogP contribution in [-0.2, 0) is 10.0 Å². The first-order valence-corrected chi connectivity index (χ1v) is 6.76. The highest BCUT2D eigenvalue weighted by Crippen LogP contribution is 2.26. The van der Waals surface area contributed by atoms with E-state index >= 15 is 0 Å². The maximum absolute atomic E-state index is 11.2. The number of halogens is 2. The molecule has 0 spiro atoms. The van der Waals surface area contributed by atoms with Gasteiger partial charge in [0.15, 0.2) is 0 Å². The molecular weight excluding hydrogens is 290 g/mol. The van der Waals surface area contributed by atoms with Gasteiger partial charge in [0.1, 0.15) is 5.21 Å². The van der Waals surface area contributed by atoms with Gasteiger partial charge >= 0.3 is 0 Å². The number of hydrogen-bond acceptors (Lipinski definition) is 2. The number of rotatable bonds is 3. The number of anilines is 1. The maximum atomic E-state index is 11.2. The summed E-state index contributed by atoms with van der Waals surface area (Å²) in [5, 5.41) is -0.451. The Balaban J connectivity index is 3.09. The van der Waals surface area contributed by atoms with Crippen molar-refractivity contribution in [1.29, 1.82) is 0 Å². The molecule has 0 aliphatic heterocycles. The van der Waals surface area contributed by atoms with Crippen molar-refractivity contribution < 1.29 is 8.42 Å². The van der Waals surface area contributed by atoms with Crippen LogP contribution < -0.4 is 4.72 Å². The van der Waals surface area contributed by atoms with E-state index < -0.39 is 15.2 Å². The minimum absolute atomic E-state index is 0.451. The Labute approximate surface area is 96.6 Å². The molecule has 1 aromatic rings. The molecule has 0 aliphatic carbocycles. The largest absolute Gasteiger partial charge is 0.281 e. The van der Waals surface area contributed by atoms with Gasteiger partial charge < -0.3 is 0 Å². The Morgan fingerprint density at radius 3 is 2.64 bits per heavy atom. The monoisotopic (exact) mass is 297 g/mol. The fraction of sp³-hybridized carbons (Fsp3) is 0.250. The van der Waals surface area contributed by atoms with Gasteiger partial charge in [-0.3, -0.25) is 4.72 Å². The molecule has 0 fully saturated rings. The highest BCUT2D eigenvalue weighted by molar-refractivity contribution is 9.10. The third-order valence-corrected chi connectivity index (χ3v) is 3.95. The molecule has 0 radical (unpaired) electrons. The molecular formula is C8H9BrClNO2S. The summed E-state index contributed by atoms with van der Waals surface area (Å²) >= 11 is 8.54. The van der Waals surface area contributed by atoms with Crippen LogP contribution in [0.15, 0.2) is 22.7 Å². The summed E-state index contributed by atoms with van der Waals surface area (Å²) in [4.78, 5) is 0. The predicted molar refractivity (Wildman–Crippen MR) is 62.1 cm³/mol. The average molecular weight is 299 g/mol. The van der Waals surface area contributed by atoms with Crippen molar-refractivity contribution in [3.05, 3.63) is 28.2 Å². The molecule has 3 nitrogen and oxygen atoms in total. The zero-order chi connectivity index (χ0) is 10.8. The molecule has 1 aromatic carbocycles. The summed E-state index contributed by atoms with van der Waals surface area (Å²) in [7, 11) is -3.43. The Morgan fingerprint density at radius 2 is 2.14 bits per heavy atom. The third kappa shape index (κ3) is 2.87. The van der Waals surface area contributed by atoms with Crippen LogP contribution in [0.2, 0.25) is 0 Å². The lowest BCUT2D eigenvalue weighted by Crippen LogP contribution is -2.14. The molecule has 0 bridgehead atoms. The predicted octanol–water partition coefficient (Wildman–Crippen LogP) is 2.70. The van der Waals surface area contributed by atoms with Crippen LogP contribution in [0.4, 0.5) is 5.69 Å². The van der Waals surface area contributed by atoms with Crippen LogP contribution in [0.3, 0.4) is 0 Å². The Morgan fingerprint density at radius 1 is 1.50 bits per heavy atom. The van der Waals surface area contributed by atoms with Gasteiger partial charge in [-0.25, -0.2) is 8.42 Å². The van der Waals surface area contributed by atoms with E-state index in [1.807, 2.05) is 19.1 Å². The standard InChI is InChI=1S/C8H9BrClNO2S/c1-6-3-2-4-7(9)8(6)11-14(12,13)5-10/h2-4,11H,5H2,1H3. The SMILES string of the molecule is Cc1cccc(Br)c1NS(=O)(=O)CCl.